The smallest absolute Gasteiger partial charge is 0.423 e. The molecule has 178 valence electrons. The number of hydrogen-bond acceptors (Lipinski definition) is 6. The molecule has 0 saturated carbocycles. The molecule has 0 aliphatic carbocycles. The van der Waals surface area contributed by atoms with Gasteiger partial charge in [-0.2, -0.15) is 4.90 Å². The summed E-state index contributed by atoms with van der Waals surface area (Å²) in [4.78, 5) is 35.5. The van der Waals surface area contributed by atoms with Crippen molar-refractivity contribution in [1.29, 1.82) is 0 Å². The number of carbonyl (C=O) groups excluding carboxylic acids is 2. The van der Waals surface area contributed by atoms with Crippen molar-refractivity contribution in [1.82, 2.24) is 4.90 Å². The van der Waals surface area contributed by atoms with Crippen LogP contribution in [0.5, 0.6) is 0 Å². The Kier molecular flexibility index (Phi) is 7.25. The zero-order chi connectivity index (χ0) is 25.0. The Bertz CT molecular complexity index is 1140. The molecule has 0 atom stereocenters. The minimum absolute atomic E-state index is 0.172. The van der Waals surface area contributed by atoms with Crippen LogP contribution < -0.4 is 9.80 Å². The molecule has 1 heterocycles. The third-order valence-corrected chi connectivity index (χ3v) is 5.01. The van der Waals surface area contributed by atoms with Gasteiger partial charge in [0.15, 0.2) is 0 Å². The van der Waals surface area contributed by atoms with Crippen molar-refractivity contribution in [3.63, 3.8) is 0 Å². The van der Waals surface area contributed by atoms with Gasteiger partial charge in [0.1, 0.15) is 17.1 Å². The lowest BCUT2D eigenvalue weighted by Gasteiger charge is -2.23. The molecule has 7 heteroatoms. The van der Waals surface area contributed by atoms with E-state index in [9.17, 15) is 9.59 Å². The Morgan fingerprint density at radius 1 is 0.853 bits per heavy atom. The van der Waals surface area contributed by atoms with Gasteiger partial charge < -0.3 is 14.5 Å². The number of carbonyl (C=O) groups is 2. The Balaban J connectivity index is 1.93. The number of anilines is 2. The maximum Gasteiger partial charge on any atom is 0.423 e. The minimum atomic E-state index is -0.754. The van der Waals surface area contributed by atoms with Crippen LogP contribution in [0.4, 0.5) is 16.2 Å². The SMILES string of the molecule is CN(C)c1ccc(/C=C2N=C(/C=C/c3ccc(N(C)C)cc3)N(C(=O)OC(C)(C)C)C\2=O)cc1. The van der Waals surface area contributed by atoms with E-state index in [-0.39, 0.29) is 11.5 Å². The van der Waals surface area contributed by atoms with Gasteiger partial charge in [0.2, 0.25) is 0 Å². The normalized spacial score (nSPS) is 15.1. The molecule has 3 rings (SSSR count). The highest BCUT2D eigenvalue weighted by atomic mass is 16.6. The molecule has 1 aliphatic heterocycles. The minimum Gasteiger partial charge on any atom is -0.443 e. The van der Waals surface area contributed by atoms with Crippen LogP contribution in [0.2, 0.25) is 0 Å². The van der Waals surface area contributed by atoms with Crippen LogP contribution in [0.3, 0.4) is 0 Å². The number of amidine groups is 1. The second-order valence-electron chi connectivity index (χ2n) is 9.43. The maximum atomic E-state index is 13.1. The predicted molar refractivity (Wildman–Crippen MR) is 139 cm³/mol. The maximum absolute atomic E-state index is 13.1. The molecular formula is C27H32N4O3. The van der Waals surface area contributed by atoms with Gasteiger partial charge in [-0.3, -0.25) is 4.79 Å². The van der Waals surface area contributed by atoms with Crippen LogP contribution in [0, 0.1) is 0 Å². The van der Waals surface area contributed by atoms with Gasteiger partial charge in [-0.05, 0) is 68.3 Å². The number of ether oxygens (including phenoxy) is 1. The first-order valence-corrected chi connectivity index (χ1v) is 11.1. The van der Waals surface area contributed by atoms with Crippen LogP contribution in [0.25, 0.3) is 12.2 Å². The fourth-order valence-electron chi connectivity index (χ4n) is 3.21. The van der Waals surface area contributed by atoms with Crippen LogP contribution in [-0.2, 0) is 9.53 Å². The fraction of sp³-hybridized carbons (Fsp3) is 0.296. The number of aliphatic imine (C=N–C) groups is 1. The van der Waals surface area contributed by atoms with E-state index in [0.717, 1.165) is 27.4 Å². The number of benzene rings is 2. The molecule has 2 aromatic carbocycles. The van der Waals surface area contributed by atoms with E-state index in [1.807, 2.05) is 92.6 Å². The molecular weight excluding hydrogens is 428 g/mol. The van der Waals surface area contributed by atoms with Gasteiger partial charge in [0, 0.05) is 39.6 Å². The Hall–Kier alpha value is -3.87. The second kappa shape index (κ2) is 9.95. The summed E-state index contributed by atoms with van der Waals surface area (Å²) in [5.41, 5.74) is 3.27. The van der Waals surface area contributed by atoms with Gasteiger partial charge in [-0.25, -0.2) is 9.79 Å². The molecule has 2 aromatic rings. The summed E-state index contributed by atoms with van der Waals surface area (Å²) in [5, 5.41) is 0. The number of imide groups is 1. The predicted octanol–water partition coefficient (Wildman–Crippen LogP) is 5.05. The van der Waals surface area contributed by atoms with E-state index in [1.165, 1.54) is 0 Å². The van der Waals surface area contributed by atoms with Crippen molar-refractivity contribution < 1.29 is 14.3 Å². The van der Waals surface area contributed by atoms with Gasteiger partial charge in [-0.15, -0.1) is 0 Å². The standard InChI is InChI=1S/C27H32N4O3/c1-27(2,3)34-26(33)31-24(17-12-19-8-13-21(14-9-19)29(4)5)28-23(25(31)32)18-20-10-15-22(16-11-20)30(6)7/h8-18H,1-7H3/b17-12+,23-18-. The highest BCUT2D eigenvalue weighted by Gasteiger charge is 2.37. The molecule has 0 radical (unpaired) electrons. The molecule has 0 fully saturated rings. The van der Waals surface area contributed by atoms with Crippen molar-refractivity contribution in [2.24, 2.45) is 4.99 Å². The van der Waals surface area contributed by atoms with Crippen molar-refractivity contribution in [2.75, 3.05) is 38.0 Å². The Morgan fingerprint density at radius 3 is 1.82 bits per heavy atom. The first-order chi connectivity index (χ1) is 15.9. The van der Waals surface area contributed by atoms with E-state index in [2.05, 4.69) is 4.99 Å². The Morgan fingerprint density at radius 2 is 1.35 bits per heavy atom. The van der Waals surface area contributed by atoms with Crippen LogP contribution in [0.1, 0.15) is 31.9 Å². The highest BCUT2D eigenvalue weighted by Crippen LogP contribution is 2.23. The summed E-state index contributed by atoms with van der Waals surface area (Å²) in [5.74, 6) is -0.305. The van der Waals surface area contributed by atoms with Crippen LogP contribution in [-0.4, -0.2) is 56.5 Å². The van der Waals surface area contributed by atoms with Gasteiger partial charge in [-0.1, -0.05) is 30.3 Å². The zero-order valence-corrected chi connectivity index (χ0v) is 20.9. The van der Waals surface area contributed by atoms with E-state index in [0.29, 0.717) is 0 Å². The van der Waals surface area contributed by atoms with Crippen molar-refractivity contribution in [3.8, 4) is 0 Å². The number of nitrogens with zero attached hydrogens (tertiary/aromatic N) is 4. The number of rotatable bonds is 5. The average molecular weight is 461 g/mol. The number of amides is 2. The molecule has 0 N–H and O–H groups in total. The molecule has 0 bridgehead atoms. The summed E-state index contributed by atoms with van der Waals surface area (Å²) < 4.78 is 5.47. The average Bonchev–Trinajstić information content (AvgIpc) is 3.07. The molecule has 0 unspecified atom stereocenters. The van der Waals surface area contributed by atoms with Crippen LogP contribution >= 0.6 is 0 Å². The number of hydrogen-bond donors (Lipinski definition) is 0. The van der Waals surface area contributed by atoms with Crippen LogP contribution in [0.15, 0.2) is 65.3 Å². The molecule has 1 aliphatic rings. The summed E-state index contributed by atoms with van der Waals surface area (Å²) in [6.45, 7) is 5.27. The van der Waals surface area contributed by atoms with Gasteiger partial charge in [0.05, 0.1) is 0 Å². The van der Waals surface area contributed by atoms with Gasteiger partial charge >= 0.3 is 6.09 Å². The summed E-state index contributed by atoms with van der Waals surface area (Å²) in [6, 6.07) is 15.6. The molecule has 7 nitrogen and oxygen atoms in total. The van der Waals surface area contributed by atoms with Crippen molar-refractivity contribution in [2.45, 2.75) is 26.4 Å². The fourth-order valence-corrected chi connectivity index (χ4v) is 3.21. The molecule has 0 aromatic heterocycles. The van der Waals surface area contributed by atoms with E-state index in [1.54, 1.807) is 32.9 Å². The van der Waals surface area contributed by atoms with Crippen molar-refractivity contribution in [3.05, 3.63) is 71.4 Å². The molecule has 34 heavy (non-hydrogen) atoms. The lowest BCUT2D eigenvalue weighted by atomic mass is 10.1. The molecule has 0 saturated heterocycles. The van der Waals surface area contributed by atoms with E-state index < -0.39 is 17.6 Å². The third-order valence-electron chi connectivity index (χ3n) is 5.01. The van der Waals surface area contributed by atoms with E-state index in [4.69, 9.17) is 4.74 Å². The van der Waals surface area contributed by atoms with E-state index >= 15 is 0 Å². The lowest BCUT2D eigenvalue weighted by Crippen LogP contribution is -2.41. The summed E-state index contributed by atoms with van der Waals surface area (Å²) in [7, 11) is 7.88. The quantitative estimate of drug-likeness (QED) is 0.585. The second-order valence-corrected chi connectivity index (χ2v) is 9.43. The third kappa shape index (κ3) is 6.13. The monoisotopic (exact) mass is 460 g/mol. The highest BCUT2D eigenvalue weighted by molar-refractivity contribution is 6.25. The summed E-state index contributed by atoms with van der Waals surface area (Å²) >= 11 is 0. The topological polar surface area (TPSA) is 65.4 Å². The molecule has 0 spiro atoms. The van der Waals surface area contributed by atoms with Gasteiger partial charge in [0.25, 0.3) is 5.91 Å². The van der Waals surface area contributed by atoms with Crippen molar-refractivity contribution >= 4 is 41.4 Å². The Labute approximate surface area is 201 Å². The first kappa shape index (κ1) is 24.8. The first-order valence-electron chi connectivity index (χ1n) is 11.1. The molecule has 2 amide bonds. The largest absolute Gasteiger partial charge is 0.443 e. The zero-order valence-electron chi connectivity index (χ0n) is 20.9. The lowest BCUT2D eigenvalue weighted by molar-refractivity contribution is -0.122. The summed E-state index contributed by atoms with van der Waals surface area (Å²) in [6.07, 6.45) is 4.39.